The summed E-state index contributed by atoms with van der Waals surface area (Å²) in [4.78, 5) is 23.3. The fraction of sp³-hybridized carbons (Fsp3) is 0.818. The lowest BCUT2D eigenvalue weighted by Gasteiger charge is -2.28. The van der Waals surface area contributed by atoms with Crippen LogP contribution in [0.2, 0.25) is 0 Å². The lowest BCUT2D eigenvalue weighted by molar-refractivity contribution is -0.883. The van der Waals surface area contributed by atoms with Crippen LogP contribution in [0.3, 0.4) is 0 Å². The molecule has 0 aliphatic carbocycles. The van der Waals surface area contributed by atoms with Gasteiger partial charge in [-0.2, -0.15) is 0 Å². The van der Waals surface area contributed by atoms with Gasteiger partial charge >= 0.3 is 11.9 Å². The third-order valence-electron chi connectivity index (χ3n) is 4.60. The molecule has 27 heavy (non-hydrogen) atoms. The molecule has 5 nitrogen and oxygen atoms in total. The molecule has 0 rings (SSSR count). The van der Waals surface area contributed by atoms with Crippen LogP contribution in [0.5, 0.6) is 0 Å². The Morgan fingerprint density at radius 3 is 1.85 bits per heavy atom. The molecule has 158 valence electrons. The molecule has 0 saturated carbocycles. The first kappa shape index (κ1) is 25.6. The van der Waals surface area contributed by atoms with Crippen LogP contribution in [0, 0.1) is 0 Å². The van der Waals surface area contributed by atoms with Crippen molar-refractivity contribution in [2.75, 3.05) is 40.4 Å². The molecule has 0 fully saturated rings. The van der Waals surface area contributed by atoms with Gasteiger partial charge < -0.3 is 14.0 Å². The van der Waals surface area contributed by atoms with Crippen LogP contribution >= 0.6 is 0 Å². The number of nitrogens with zero attached hydrogens (tertiary/aromatic N) is 1. The van der Waals surface area contributed by atoms with Crippen molar-refractivity contribution in [3.63, 3.8) is 0 Å². The van der Waals surface area contributed by atoms with Crippen LogP contribution in [-0.4, -0.2) is 56.8 Å². The molecule has 0 amide bonds. The number of carbonyl (C=O) groups is 2. The van der Waals surface area contributed by atoms with Crippen molar-refractivity contribution < 1.29 is 23.5 Å². The number of unbranched alkanes of at least 4 members (excludes halogenated alkanes) is 9. The second kappa shape index (κ2) is 15.7. The second-order valence-corrected chi connectivity index (χ2v) is 8.14. The van der Waals surface area contributed by atoms with E-state index in [0.717, 1.165) is 12.8 Å². The van der Waals surface area contributed by atoms with E-state index in [2.05, 4.69) is 13.5 Å². The molecule has 0 aliphatic heterocycles. The topological polar surface area (TPSA) is 52.6 Å². The third-order valence-corrected chi connectivity index (χ3v) is 4.60. The van der Waals surface area contributed by atoms with Crippen LogP contribution in [0.1, 0.15) is 78.1 Å². The van der Waals surface area contributed by atoms with Gasteiger partial charge in [0.2, 0.25) is 0 Å². The molecule has 0 radical (unpaired) electrons. The summed E-state index contributed by atoms with van der Waals surface area (Å²) in [7, 11) is 3.85. The van der Waals surface area contributed by atoms with E-state index < -0.39 is 5.97 Å². The maximum atomic E-state index is 12.0. The lowest BCUT2D eigenvalue weighted by atomic mass is 10.1. The first-order chi connectivity index (χ1) is 12.8. The maximum absolute atomic E-state index is 12.0. The molecular weight excluding hydrogens is 342 g/mol. The Bertz CT molecular complexity index is 432. The Morgan fingerprint density at radius 2 is 1.33 bits per heavy atom. The Labute approximate surface area is 166 Å². The zero-order valence-electron chi connectivity index (χ0n) is 18.2. The van der Waals surface area contributed by atoms with Crippen molar-refractivity contribution in [3.8, 4) is 0 Å². The van der Waals surface area contributed by atoms with E-state index in [-0.39, 0.29) is 19.1 Å². The third kappa shape index (κ3) is 16.5. The summed E-state index contributed by atoms with van der Waals surface area (Å²) < 4.78 is 10.9. The molecule has 0 bridgehead atoms. The maximum Gasteiger partial charge on any atom is 0.361 e. The van der Waals surface area contributed by atoms with E-state index in [4.69, 9.17) is 9.47 Å². The number of likely N-dealkylation sites (N-methyl/N-ethyl adjacent to an activating group) is 1. The predicted molar refractivity (Wildman–Crippen MR) is 110 cm³/mol. The van der Waals surface area contributed by atoms with Gasteiger partial charge in [0.15, 0.2) is 6.54 Å². The average molecular weight is 385 g/mol. The summed E-state index contributed by atoms with van der Waals surface area (Å²) in [5.41, 5.74) is 0.385. The van der Waals surface area contributed by atoms with E-state index in [9.17, 15) is 9.59 Å². The molecule has 0 saturated heterocycles. The number of esters is 2. The summed E-state index contributed by atoms with van der Waals surface area (Å²) in [5.74, 6) is -0.583. The summed E-state index contributed by atoms with van der Waals surface area (Å²) in [6.45, 7) is 9.02. The zero-order valence-corrected chi connectivity index (χ0v) is 18.2. The Morgan fingerprint density at radius 1 is 0.815 bits per heavy atom. The van der Waals surface area contributed by atoms with Crippen molar-refractivity contribution in [2.24, 2.45) is 0 Å². The van der Waals surface area contributed by atoms with Gasteiger partial charge in [0, 0.05) is 5.57 Å². The quantitative estimate of drug-likeness (QED) is 0.159. The minimum atomic E-state index is -0.390. The first-order valence-corrected chi connectivity index (χ1v) is 10.6. The van der Waals surface area contributed by atoms with Crippen LogP contribution in [-0.2, 0) is 19.1 Å². The fourth-order valence-electron chi connectivity index (χ4n) is 2.76. The van der Waals surface area contributed by atoms with Crippen molar-refractivity contribution in [3.05, 3.63) is 12.2 Å². The first-order valence-electron chi connectivity index (χ1n) is 10.6. The molecule has 0 aromatic rings. The number of carbonyl (C=O) groups excluding carboxylic acids is 2. The van der Waals surface area contributed by atoms with Crippen LogP contribution in [0.25, 0.3) is 0 Å². The smallest absolute Gasteiger partial charge is 0.361 e. The Hall–Kier alpha value is -1.36. The van der Waals surface area contributed by atoms with Crippen LogP contribution in [0.4, 0.5) is 0 Å². The molecule has 0 spiro atoms. The normalized spacial score (nSPS) is 11.3. The number of hydrogen-bond donors (Lipinski definition) is 0. The summed E-state index contributed by atoms with van der Waals surface area (Å²) in [6.07, 6.45) is 12.6. The summed E-state index contributed by atoms with van der Waals surface area (Å²) in [6, 6.07) is 0. The van der Waals surface area contributed by atoms with Crippen molar-refractivity contribution in [2.45, 2.75) is 78.1 Å². The predicted octanol–water partition coefficient (Wildman–Crippen LogP) is 4.65. The van der Waals surface area contributed by atoms with Gasteiger partial charge in [0.1, 0.15) is 13.2 Å². The van der Waals surface area contributed by atoms with E-state index in [1.807, 2.05) is 14.1 Å². The summed E-state index contributed by atoms with van der Waals surface area (Å²) in [5, 5.41) is 0. The minimum Gasteiger partial charge on any atom is -0.462 e. The van der Waals surface area contributed by atoms with E-state index in [0.29, 0.717) is 23.2 Å². The number of rotatable bonds is 17. The van der Waals surface area contributed by atoms with Gasteiger partial charge in [-0.3, -0.25) is 0 Å². The molecule has 0 heterocycles. The van der Waals surface area contributed by atoms with Gasteiger partial charge in [-0.25, -0.2) is 9.59 Å². The van der Waals surface area contributed by atoms with Crippen LogP contribution in [0.15, 0.2) is 12.2 Å². The SMILES string of the molecule is C=C(C)C(=O)OCC[N+](C)(C)CC(=O)OCCCCCCCCCCCC. The number of quaternary nitrogens is 1. The Kier molecular flexibility index (Phi) is 14.9. The highest BCUT2D eigenvalue weighted by Crippen LogP contribution is 2.10. The van der Waals surface area contributed by atoms with Crippen LogP contribution < -0.4 is 0 Å². The summed E-state index contributed by atoms with van der Waals surface area (Å²) >= 11 is 0. The number of ether oxygens (including phenoxy) is 2. The second-order valence-electron chi connectivity index (χ2n) is 8.14. The van der Waals surface area contributed by atoms with E-state index in [1.165, 1.54) is 51.4 Å². The molecule has 0 aromatic heterocycles. The van der Waals surface area contributed by atoms with Crippen molar-refractivity contribution >= 4 is 11.9 Å². The van der Waals surface area contributed by atoms with Gasteiger partial charge in [-0.15, -0.1) is 0 Å². The van der Waals surface area contributed by atoms with Gasteiger partial charge in [0.25, 0.3) is 0 Å². The van der Waals surface area contributed by atoms with Crippen molar-refractivity contribution in [1.29, 1.82) is 0 Å². The highest BCUT2D eigenvalue weighted by Gasteiger charge is 2.21. The molecule has 0 N–H and O–H groups in total. The largest absolute Gasteiger partial charge is 0.462 e. The van der Waals surface area contributed by atoms with Gasteiger partial charge in [0.05, 0.1) is 20.7 Å². The fourth-order valence-corrected chi connectivity index (χ4v) is 2.76. The van der Waals surface area contributed by atoms with E-state index in [1.54, 1.807) is 6.92 Å². The molecule has 0 atom stereocenters. The van der Waals surface area contributed by atoms with Gasteiger partial charge in [-0.1, -0.05) is 71.3 Å². The molecule has 0 unspecified atom stereocenters. The molecule has 0 aromatic carbocycles. The minimum absolute atomic E-state index is 0.192. The molecule has 0 aliphatic rings. The highest BCUT2D eigenvalue weighted by atomic mass is 16.5. The average Bonchev–Trinajstić information content (AvgIpc) is 2.58. The van der Waals surface area contributed by atoms with Gasteiger partial charge in [-0.05, 0) is 13.3 Å². The standard InChI is InChI=1S/C22H42NO4/c1-6-7-8-9-10-11-12-13-14-15-17-26-21(24)19-23(4,5)16-18-27-22(25)20(2)3/h2,6-19H2,1,3-5H3/q+1. The Balaban J connectivity index is 3.61. The van der Waals surface area contributed by atoms with Crippen molar-refractivity contribution in [1.82, 2.24) is 0 Å². The molecular formula is C22H42NO4+. The zero-order chi connectivity index (χ0) is 20.5. The number of hydrogen-bond acceptors (Lipinski definition) is 4. The highest BCUT2D eigenvalue weighted by molar-refractivity contribution is 5.86. The monoisotopic (exact) mass is 384 g/mol. The molecule has 5 heteroatoms. The van der Waals surface area contributed by atoms with E-state index >= 15 is 0 Å². The lowest BCUT2D eigenvalue weighted by Crippen LogP contribution is -2.46.